The lowest BCUT2D eigenvalue weighted by Gasteiger charge is -2.35. The fourth-order valence-electron chi connectivity index (χ4n) is 3.68. The highest BCUT2D eigenvalue weighted by Gasteiger charge is 2.31. The van der Waals surface area contributed by atoms with Crippen LogP contribution in [0.25, 0.3) is 0 Å². The zero-order valence-corrected chi connectivity index (χ0v) is 18.6. The summed E-state index contributed by atoms with van der Waals surface area (Å²) in [6, 6.07) is 6.96. The van der Waals surface area contributed by atoms with Gasteiger partial charge in [-0.3, -0.25) is 19.2 Å². The summed E-state index contributed by atoms with van der Waals surface area (Å²) >= 11 is 0. The molecule has 9 nitrogen and oxygen atoms in total. The number of benzene rings is 1. The van der Waals surface area contributed by atoms with Gasteiger partial charge < -0.3 is 24.2 Å². The first-order valence-corrected chi connectivity index (χ1v) is 11.2. The van der Waals surface area contributed by atoms with Crippen LogP contribution in [0.5, 0.6) is 5.75 Å². The molecular weight excluding hydrogens is 414 g/mol. The van der Waals surface area contributed by atoms with Crippen LogP contribution in [0, 0.1) is 0 Å². The van der Waals surface area contributed by atoms with Gasteiger partial charge in [-0.05, 0) is 30.7 Å². The lowest BCUT2D eigenvalue weighted by Crippen LogP contribution is -2.55. The minimum Gasteiger partial charge on any atom is -0.494 e. The molecule has 3 amide bonds. The van der Waals surface area contributed by atoms with Gasteiger partial charge in [0.1, 0.15) is 5.75 Å². The zero-order valence-electron chi connectivity index (χ0n) is 18.6. The van der Waals surface area contributed by atoms with Crippen molar-refractivity contribution in [3.63, 3.8) is 0 Å². The van der Waals surface area contributed by atoms with Crippen molar-refractivity contribution >= 4 is 23.5 Å². The van der Waals surface area contributed by atoms with Crippen LogP contribution in [0.2, 0.25) is 0 Å². The molecule has 2 saturated heterocycles. The largest absolute Gasteiger partial charge is 0.494 e. The van der Waals surface area contributed by atoms with Crippen molar-refractivity contribution in [2.45, 2.75) is 26.2 Å². The van der Waals surface area contributed by atoms with Gasteiger partial charge in [0.05, 0.1) is 19.8 Å². The number of amides is 3. The summed E-state index contributed by atoms with van der Waals surface area (Å²) in [5, 5.41) is 0. The van der Waals surface area contributed by atoms with E-state index in [1.165, 1.54) is 9.80 Å². The number of hydrogen-bond acceptors (Lipinski definition) is 6. The monoisotopic (exact) mass is 445 g/mol. The van der Waals surface area contributed by atoms with Crippen molar-refractivity contribution < 1.29 is 28.7 Å². The van der Waals surface area contributed by atoms with Crippen molar-refractivity contribution in [1.82, 2.24) is 14.7 Å². The molecule has 1 aromatic rings. The van der Waals surface area contributed by atoms with Gasteiger partial charge in [0.25, 0.3) is 0 Å². The number of morpholine rings is 1. The fourth-order valence-corrected chi connectivity index (χ4v) is 3.68. The molecule has 174 valence electrons. The third-order valence-electron chi connectivity index (χ3n) is 5.62. The summed E-state index contributed by atoms with van der Waals surface area (Å²) in [4.78, 5) is 54.4. The first-order valence-electron chi connectivity index (χ1n) is 11.2. The van der Waals surface area contributed by atoms with Gasteiger partial charge in [-0.15, -0.1) is 0 Å². The topological polar surface area (TPSA) is 96.5 Å². The number of ketones is 1. The van der Waals surface area contributed by atoms with Gasteiger partial charge in [0.15, 0.2) is 5.78 Å². The average molecular weight is 446 g/mol. The molecule has 2 aliphatic heterocycles. The third kappa shape index (κ3) is 6.29. The summed E-state index contributed by atoms with van der Waals surface area (Å²) < 4.78 is 10.7. The molecule has 2 fully saturated rings. The van der Waals surface area contributed by atoms with Gasteiger partial charge in [-0.2, -0.15) is 0 Å². The fraction of sp³-hybridized carbons (Fsp3) is 0.565. The van der Waals surface area contributed by atoms with Crippen LogP contribution in [0.3, 0.4) is 0 Å². The van der Waals surface area contributed by atoms with Gasteiger partial charge in [0.2, 0.25) is 5.91 Å². The van der Waals surface area contributed by atoms with Crippen LogP contribution >= 0.6 is 0 Å². The maximum Gasteiger partial charge on any atom is 0.312 e. The molecule has 0 aromatic heterocycles. The molecule has 0 atom stereocenters. The van der Waals surface area contributed by atoms with Crippen LogP contribution in [0.4, 0.5) is 0 Å². The number of ether oxygens (including phenoxy) is 2. The Kier molecular flexibility index (Phi) is 8.61. The van der Waals surface area contributed by atoms with E-state index in [2.05, 4.69) is 0 Å². The lowest BCUT2D eigenvalue weighted by atomic mass is 10.1. The molecule has 9 heteroatoms. The van der Waals surface area contributed by atoms with Crippen molar-refractivity contribution in [1.29, 1.82) is 0 Å². The Labute approximate surface area is 188 Å². The van der Waals surface area contributed by atoms with Crippen molar-refractivity contribution in [3.8, 4) is 5.75 Å². The Morgan fingerprint density at radius 1 is 0.812 bits per heavy atom. The van der Waals surface area contributed by atoms with E-state index in [0.29, 0.717) is 64.7 Å². The predicted molar refractivity (Wildman–Crippen MR) is 116 cm³/mol. The number of Topliss-reactive ketones (excluding diaryl/α,β-unsaturated/α-hetero) is 1. The second-order valence-corrected chi connectivity index (χ2v) is 7.87. The van der Waals surface area contributed by atoms with Gasteiger partial charge in [0, 0.05) is 57.7 Å². The van der Waals surface area contributed by atoms with E-state index >= 15 is 0 Å². The first kappa shape index (κ1) is 23.7. The van der Waals surface area contributed by atoms with Gasteiger partial charge in [-0.25, -0.2) is 0 Å². The normalized spacial score (nSPS) is 16.6. The predicted octanol–water partition coefficient (Wildman–Crippen LogP) is 0.968. The van der Waals surface area contributed by atoms with E-state index in [4.69, 9.17) is 9.47 Å². The maximum absolute atomic E-state index is 12.5. The van der Waals surface area contributed by atoms with Crippen molar-refractivity contribution in [3.05, 3.63) is 29.8 Å². The molecule has 3 rings (SSSR count). The number of piperazine rings is 1. The second-order valence-electron chi connectivity index (χ2n) is 7.87. The van der Waals surface area contributed by atoms with Crippen LogP contribution < -0.4 is 4.74 Å². The summed E-state index contributed by atoms with van der Waals surface area (Å²) in [5.41, 5.74) is 0.554. The molecule has 1 aromatic carbocycles. The molecule has 0 bridgehead atoms. The van der Waals surface area contributed by atoms with Crippen LogP contribution in [0.15, 0.2) is 24.3 Å². The summed E-state index contributed by atoms with van der Waals surface area (Å²) in [7, 11) is 0. The minimum absolute atomic E-state index is 0.0923. The quantitative estimate of drug-likeness (QED) is 0.458. The van der Waals surface area contributed by atoms with Gasteiger partial charge >= 0.3 is 11.8 Å². The standard InChI is InChI=1S/C23H31N3O6/c1-2-15-32-19-5-3-18(4-6-19)20(27)7-8-21(28)24-9-11-25(12-10-24)22(29)23(30)26-13-16-31-17-14-26/h3-6H,2,7-17H2,1H3. The molecule has 2 heterocycles. The molecule has 0 aliphatic carbocycles. The summed E-state index contributed by atoms with van der Waals surface area (Å²) in [6.07, 6.45) is 1.16. The van der Waals surface area contributed by atoms with Crippen molar-refractivity contribution in [2.24, 2.45) is 0 Å². The Balaban J connectivity index is 1.40. The van der Waals surface area contributed by atoms with Crippen LogP contribution in [-0.2, 0) is 19.1 Å². The Hall–Kier alpha value is -2.94. The highest BCUT2D eigenvalue weighted by molar-refractivity contribution is 6.34. The molecule has 0 saturated carbocycles. The Morgan fingerprint density at radius 3 is 1.97 bits per heavy atom. The molecular formula is C23H31N3O6. The number of rotatable bonds is 7. The highest BCUT2D eigenvalue weighted by atomic mass is 16.5. The van der Waals surface area contributed by atoms with E-state index in [1.54, 1.807) is 29.2 Å². The molecule has 0 unspecified atom stereocenters. The smallest absolute Gasteiger partial charge is 0.312 e. The first-order chi connectivity index (χ1) is 15.5. The van der Waals surface area contributed by atoms with Crippen molar-refractivity contribution in [2.75, 3.05) is 59.1 Å². The summed E-state index contributed by atoms with van der Waals surface area (Å²) in [5.74, 6) is -0.525. The minimum atomic E-state index is -0.527. The highest BCUT2D eigenvalue weighted by Crippen LogP contribution is 2.15. The number of carbonyl (C=O) groups is 4. The lowest BCUT2D eigenvalue weighted by molar-refractivity contribution is -0.155. The molecule has 0 N–H and O–H groups in total. The maximum atomic E-state index is 12.5. The van der Waals surface area contributed by atoms with E-state index < -0.39 is 11.8 Å². The number of hydrogen-bond donors (Lipinski definition) is 0. The SMILES string of the molecule is CCCOc1ccc(C(=O)CCC(=O)N2CCN(C(=O)C(=O)N3CCOCC3)CC2)cc1. The average Bonchev–Trinajstić information content (AvgIpc) is 2.85. The third-order valence-corrected chi connectivity index (χ3v) is 5.62. The molecule has 0 radical (unpaired) electrons. The number of carbonyl (C=O) groups excluding carboxylic acids is 4. The zero-order chi connectivity index (χ0) is 22.9. The van der Waals surface area contributed by atoms with E-state index in [-0.39, 0.29) is 24.5 Å². The Morgan fingerprint density at radius 2 is 1.38 bits per heavy atom. The Bertz CT molecular complexity index is 812. The van der Waals surface area contributed by atoms with E-state index in [9.17, 15) is 19.2 Å². The number of nitrogens with zero attached hydrogens (tertiary/aromatic N) is 3. The summed E-state index contributed by atoms with van der Waals surface area (Å²) in [6.45, 7) is 5.73. The van der Waals surface area contributed by atoms with Crippen LogP contribution in [-0.4, -0.2) is 97.3 Å². The van der Waals surface area contributed by atoms with Gasteiger partial charge in [-0.1, -0.05) is 6.92 Å². The van der Waals surface area contributed by atoms with Crippen LogP contribution in [0.1, 0.15) is 36.5 Å². The second kappa shape index (κ2) is 11.6. The molecule has 0 spiro atoms. The van der Waals surface area contributed by atoms with E-state index in [1.807, 2.05) is 6.92 Å². The van der Waals surface area contributed by atoms with E-state index in [0.717, 1.165) is 12.2 Å². The molecule has 2 aliphatic rings. The molecule has 32 heavy (non-hydrogen) atoms.